The van der Waals surface area contributed by atoms with Gasteiger partial charge in [0, 0.05) is 36.6 Å². The van der Waals surface area contributed by atoms with Gasteiger partial charge in [-0.3, -0.25) is 4.79 Å². The molecule has 0 spiro atoms. The molecule has 1 saturated heterocycles. The first-order valence-electron chi connectivity index (χ1n) is 10.2. The molecule has 0 aliphatic carbocycles. The number of benzene rings is 1. The average molecular weight is 425 g/mol. The van der Waals surface area contributed by atoms with E-state index in [2.05, 4.69) is 25.9 Å². The number of hydrogen-bond acceptors (Lipinski definition) is 8. The highest BCUT2D eigenvalue weighted by Gasteiger charge is 2.18. The van der Waals surface area contributed by atoms with E-state index in [9.17, 15) is 4.79 Å². The number of aromatic nitrogens is 3. The van der Waals surface area contributed by atoms with Crippen LogP contribution in [0.3, 0.4) is 0 Å². The van der Waals surface area contributed by atoms with Crippen molar-refractivity contribution >= 4 is 29.0 Å². The molecule has 0 bridgehead atoms. The normalized spacial score (nSPS) is 16.1. The smallest absolute Gasteiger partial charge is 0.254 e. The van der Waals surface area contributed by atoms with E-state index in [1.165, 1.54) is 6.20 Å². The number of carbonyl (C=O) groups is 1. The summed E-state index contributed by atoms with van der Waals surface area (Å²) in [6.07, 6.45) is 5.42. The van der Waals surface area contributed by atoms with Gasteiger partial charge >= 0.3 is 0 Å². The Kier molecular flexibility index (Phi) is 6.08. The third-order valence-corrected chi connectivity index (χ3v) is 5.37. The highest BCUT2D eigenvalue weighted by atomic mass is 16.5. The fraction of sp³-hybridized carbons (Fsp3) is 0.381. The van der Waals surface area contributed by atoms with Gasteiger partial charge < -0.3 is 31.2 Å². The fourth-order valence-corrected chi connectivity index (χ4v) is 3.75. The Labute approximate surface area is 180 Å². The summed E-state index contributed by atoms with van der Waals surface area (Å²) in [6, 6.07) is 5.47. The van der Waals surface area contributed by atoms with Crippen LogP contribution in [0, 0.1) is 5.92 Å². The molecule has 1 unspecified atom stereocenters. The summed E-state index contributed by atoms with van der Waals surface area (Å²) < 4.78 is 12.5. The Bertz CT molecular complexity index is 1050. The number of nitrogens with two attached hydrogens (primary N) is 1. The Morgan fingerprint density at radius 3 is 2.65 bits per heavy atom. The van der Waals surface area contributed by atoms with Crippen LogP contribution in [0.2, 0.25) is 0 Å². The fourth-order valence-electron chi connectivity index (χ4n) is 3.75. The van der Waals surface area contributed by atoms with Gasteiger partial charge in [-0.1, -0.05) is 0 Å². The number of hydrogen-bond donors (Lipinski definition) is 4. The van der Waals surface area contributed by atoms with Crippen molar-refractivity contribution in [3.63, 3.8) is 0 Å². The van der Waals surface area contributed by atoms with E-state index in [1.807, 2.05) is 12.1 Å². The van der Waals surface area contributed by atoms with Gasteiger partial charge in [-0.2, -0.15) is 0 Å². The summed E-state index contributed by atoms with van der Waals surface area (Å²) in [5.74, 6) is 2.43. The molecule has 2 aromatic heterocycles. The third-order valence-electron chi connectivity index (χ3n) is 5.37. The van der Waals surface area contributed by atoms with Crippen LogP contribution in [-0.4, -0.2) is 54.1 Å². The zero-order valence-corrected chi connectivity index (χ0v) is 17.6. The highest BCUT2D eigenvalue weighted by Crippen LogP contribution is 2.29. The quantitative estimate of drug-likeness (QED) is 0.431. The molecule has 10 nitrogen and oxygen atoms in total. The number of carbonyl (C=O) groups excluding carboxylic acids is 1. The topological polar surface area (TPSA) is 128 Å². The minimum atomic E-state index is -0.583. The predicted octanol–water partition coefficient (Wildman–Crippen LogP) is 2.00. The van der Waals surface area contributed by atoms with Crippen molar-refractivity contribution in [2.45, 2.75) is 12.8 Å². The molecule has 10 heteroatoms. The van der Waals surface area contributed by atoms with E-state index in [0.29, 0.717) is 34.8 Å². The average Bonchev–Trinajstić information content (AvgIpc) is 3.21. The van der Waals surface area contributed by atoms with E-state index in [4.69, 9.17) is 15.2 Å². The maximum atomic E-state index is 11.9. The largest absolute Gasteiger partial charge is 0.497 e. The molecule has 31 heavy (non-hydrogen) atoms. The summed E-state index contributed by atoms with van der Waals surface area (Å²) in [4.78, 5) is 20.8. The van der Waals surface area contributed by atoms with Crippen molar-refractivity contribution in [3.8, 4) is 11.5 Å². The molecule has 3 aromatic rings. The number of amides is 1. The summed E-state index contributed by atoms with van der Waals surface area (Å²) in [7, 11) is 3.19. The summed E-state index contributed by atoms with van der Waals surface area (Å²) in [6.45, 7) is 2.79. The molecule has 164 valence electrons. The number of piperidine rings is 1. The maximum absolute atomic E-state index is 11.9. The number of primary amides is 1. The van der Waals surface area contributed by atoms with E-state index >= 15 is 0 Å². The highest BCUT2D eigenvalue weighted by molar-refractivity contribution is 5.99. The molecule has 3 heterocycles. The number of rotatable bonds is 8. The third kappa shape index (κ3) is 4.48. The van der Waals surface area contributed by atoms with Gasteiger partial charge in [0.2, 0.25) is 5.95 Å². The van der Waals surface area contributed by atoms with Gasteiger partial charge in [0.25, 0.3) is 5.91 Å². The first-order valence-corrected chi connectivity index (χ1v) is 10.2. The van der Waals surface area contributed by atoms with Crippen molar-refractivity contribution in [1.82, 2.24) is 19.7 Å². The van der Waals surface area contributed by atoms with Gasteiger partial charge in [-0.15, -0.1) is 0 Å². The first-order chi connectivity index (χ1) is 15.1. The minimum Gasteiger partial charge on any atom is -0.497 e. The minimum absolute atomic E-state index is 0.251. The summed E-state index contributed by atoms with van der Waals surface area (Å²) >= 11 is 0. The van der Waals surface area contributed by atoms with Crippen LogP contribution >= 0.6 is 0 Å². The second kappa shape index (κ2) is 9.09. The van der Waals surface area contributed by atoms with Crippen molar-refractivity contribution in [1.29, 1.82) is 0 Å². The lowest BCUT2D eigenvalue weighted by Crippen LogP contribution is -2.34. The van der Waals surface area contributed by atoms with E-state index in [0.717, 1.165) is 38.2 Å². The lowest BCUT2D eigenvalue weighted by molar-refractivity contribution is 0.100. The van der Waals surface area contributed by atoms with Gasteiger partial charge in [0.05, 0.1) is 20.4 Å². The lowest BCUT2D eigenvalue weighted by Gasteiger charge is -2.23. The second-order valence-corrected chi connectivity index (χ2v) is 7.48. The molecule has 1 amide bonds. The Hall–Kier alpha value is -3.53. The molecule has 1 fully saturated rings. The zero-order chi connectivity index (χ0) is 21.8. The van der Waals surface area contributed by atoms with E-state index < -0.39 is 5.91 Å². The molecule has 0 radical (unpaired) electrons. The van der Waals surface area contributed by atoms with Crippen molar-refractivity contribution < 1.29 is 14.3 Å². The van der Waals surface area contributed by atoms with Crippen molar-refractivity contribution in [2.24, 2.45) is 11.7 Å². The number of nitrogens with zero attached hydrogens (tertiary/aromatic N) is 3. The van der Waals surface area contributed by atoms with Crippen molar-refractivity contribution in [2.75, 3.05) is 44.5 Å². The maximum Gasteiger partial charge on any atom is 0.254 e. The van der Waals surface area contributed by atoms with Crippen LogP contribution in [0.4, 0.5) is 17.5 Å². The summed E-state index contributed by atoms with van der Waals surface area (Å²) in [5, 5.41) is 10.1. The number of anilines is 3. The second-order valence-electron chi connectivity index (χ2n) is 7.48. The van der Waals surface area contributed by atoms with Gasteiger partial charge in [-0.05, 0) is 31.8 Å². The Morgan fingerprint density at radius 1 is 1.23 bits per heavy atom. The van der Waals surface area contributed by atoms with Crippen molar-refractivity contribution in [3.05, 3.63) is 36.2 Å². The predicted molar refractivity (Wildman–Crippen MR) is 118 cm³/mol. The molecule has 1 aliphatic rings. The van der Waals surface area contributed by atoms with Crippen LogP contribution in [0.25, 0.3) is 5.65 Å². The lowest BCUT2D eigenvalue weighted by atomic mass is 10.00. The van der Waals surface area contributed by atoms with E-state index in [1.54, 1.807) is 30.9 Å². The molecule has 5 N–H and O–H groups in total. The number of nitrogens with one attached hydrogen (secondary N) is 3. The number of imidazole rings is 1. The molecule has 1 aromatic carbocycles. The van der Waals surface area contributed by atoms with Gasteiger partial charge in [0.15, 0.2) is 5.65 Å². The molecule has 4 rings (SSSR count). The molecule has 1 atom stereocenters. The van der Waals surface area contributed by atoms with Gasteiger partial charge in [-0.25, -0.2) is 14.4 Å². The zero-order valence-electron chi connectivity index (χ0n) is 17.6. The molecular weight excluding hydrogens is 398 g/mol. The number of ether oxygens (including phenoxy) is 2. The Balaban J connectivity index is 1.69. The molecule has 0 saturated carbocycles. The standard InChI is InChI=1S/C21H27N7O3/c1-30-15-6-14(7-16(8-15)31-2)27-18-12-24-20-17(19(22)29)11-26-21(28(18)20)25-10-13-4-3-5-23-9-13/h6-8,11-13,23,27H,3-5,9-10H2,1-2H3,(H2,22,29)(H,25,26). The van der Waals surface area contributed by atoms with Crippen LogP contribution < -0.4 is 31.2 Å². The monoisotopic (exact) mass is 425 g/mol. The number of methoxy groups -OCH3 is 2. The first kappa shape index (κ1) is 20.7. The SMILES string of the molecule is COc1cc(Nc2cnc3c(C(N)=O)cnc(NCC4CCCNC4)n23)cc(OC)c1. The Morgan fingerprint density at radius 2 is 2.00 bits per heavy atom. The van der Waals surface area contributed by atoms with Crippen LogP contribution in [-0.2, 0) is 0 Å². The number of fused-ring (bicyclic) bond motifs is 1. The molecule has 1 aliphatic heterocycles. The van der Waals surface area contributed by atoms with Crippen LogP contribution in [0.5, 0.6) is 11.5 Å². The molecular formula is C21H27N7O3. The van der Waals surface area contributed by atoms with Gasteiger partial charge in [0.1, 0.15) is 22.9 Å². The van der Waals surface area contributed by atoms with Crippen LogP contribution in [0.15, 0.2) is 30.6 Å². The van der Waals surface area contributed by atoms with Crippen LogP contribution in [0.1, 0.15) is 23.2 Å². The summed E-state index contributed by atoms with van der Waals surface area (Å²) in [5.41, 5.74) is 6.97. The van der Waals surface area contributed by atoms with E-state index in [-0.39, 0.29) is 5.56 Å².